The molecule has 0 spiro atoms. The summed E-state index contributed by atoms with van der Waals surface area (Å²) in [6, 6.07) is 4.53. The van der Waals surface area contributed by atoms with Crippen LogP contribution in [-0.2, 0) is 4.74 Å². The monoisotopic (exact) mass is 240 g/mol. The average Bonchev–Trinajstić information content (AvgIpc) is 2.30. The lowest BCUT2D eigenvalue weighted by atomic mass is 10.1. The number of benzene rings is 1. The molecule has 17 heavy (non-hydrogen) atoms. The van der Waals surface area contributed by atoms with E-state index in [9.17, 15) is 4.39 Å². The average molecular weight is 240 g/mol. The fourth-order valence-electron chi connectivity index (χ4n) is 2.05. The molecule has 0 saturated carbocycles. The molecule has 1 saturated heterocycles. The Kier molecular flexibility index (Phi) is 3.49. The SMILES string of the molecule is CC1COC(CO)CN1c1ccc(F)cc1N. The summed E-state index contributed by atoms with van der Waals surface area (Å²) in [6.07, 6.45) is -0.212. The lowest BCUT2D eigenvalue weighted by Crippen LogP contribution is -2.49. The highest BCUT2D eigenvalue weighted by Crippen LogP contribution is 2.28. The van der Waals surface area contributed by atoms with Gasteiger partial charge in [-0.25, -0.2) is 4.39 Å². The third-order valence-electron chi connectivity index (χ3n) is 3.01. The number of nitrogens with zero attached hydrogens (tertiary/aromatic N) is 1. The quantitative estimate of drug-likeness (QED) is 0.757. The summed E-state index contributed by atoms with van der Waals surface area (Å²) < 4.78 is 18.4. The van der Waals surface area contributed by atoms with Gasteiger partial charge in [0.25, 0.3) is 0 Å². The molecular weight excluding hydrogens is 223 g/mol. The maximum Gasteiger partial charge on any atom is 0.125 e. The van der Waals surface area contributed by atoms with Crippen molar-refractivity contribution in [2.24, 2.45) is 0 Å². The van der Waals surface area contributed by atoms with Crippen LogP contribution in [0.15, 0.2) is 18.2 Å². The first-order valence-corrected chi connectivity index (χ1v) is 5.66. The Morgan fingerprint density at radius 2 is 2.35 bits per heavy atom. The van der Waals surface area contributed by atoms with Gasteiger partial charge in [-0.3, -0.25) is 0 Å². The van der Waals surface area contributed by atoms with Crippen LogP contribution < -0.4 is 10.6 Å². The normalized spacial score (nSPS) is 25.0. The summed E-state index contributed by atoms with van der Waals surface area (Å²) in [5, 5.41) is 9.11. The number of halogens is 1. The molecular formula is C12H17FN2O2. The van der Waals surface area contributed by atoms with Crippen molar-refractivity contribution in [1.82, 2.24) is 0 Å². The van der Waals surface area contributed by atoms with E-state index in [0.29, 0.717) is 18.8 Å². The highest BCUT2D eigenvalue weighted by molar-refractivity contribution is 5.68. The fraction of sp³-hybridized carbons (Fsp3) is 0.500. The second kappa shape index (κ2) is 4.89. The molecule has 1 heterocycles. The van der Waals surface area contributed by atoms with Gasteiger partial charge in [0, 0.05) is 12.6 Å². The molecule has 2 atom stereocenters. The maximum absolute atomic E-state index is 13.0. The number of nitrogens with two attached hydrogens (primary N) is 1. The van der Waals surface area contributed by atoms with Crippen LogP contribution in [0.3, 0.4) is 0 Å². The zero-order valence-electron chi connectivity index (χ0n) is 9.77. The molecule has 2 rings (SSSR count). The van der Waals surface area contributed by atoms with E-state index in [2.05, 4.69) is 0 Å². The van der Waals surface area contributed by atoms with E-state index < -0.39 is 0 Å². The van der Waals surface area contributed by atoms with Gasteiger partial charge in [0.1, 0.15) is 5.82 Å². The smallest absolute Gasteiger partial charge is 0.125 e. The summed E-state index contributed by atoms with van der Waals surface area (Å²) >= 11 is 0. The van der Waals surface area contributed by atoms with E-state index in [1.54, 1.807) is 6.07 Å². The number of hydrogen-bond donors (Lipinski definition) is 2. The number of hydrogen-bond acceptors (Lipinski definition) is 4. The van der Waals surface area contributed by atoms with Crippen LogP contribution in [0.2, 0.25) is 0 Å². The number of aliphatic hydroxyl groups is 1. The highest BCUT2D eigenvalue weighted by atomic mass is 19.1. The van der Waals surface area contributed by atoms with Crippen LogP contribution >= 0.6 is 0 Å². The molecule has 1 aliphatic rings. The molecule has 1 fully saturated rings. The number of nitrogen functional groups attached to an aromatic ring is 1. The Hall–Kier alpha value is -1.33. The van der Waals surface area contributed by atoms with Crippen molar-refractivity contribution in [3.05, 3.63) is 24.0 Å². The first-order chi connectivity index (χ1) is 8.11. The molecule has 0 radical (unpaired) electrons. The van der Waals surface area contributed by atoms with Crippen LogP contribution in [0.25, 0.3) is 0 Å². The van der Waals surface area contributed by atoms with E-state index in [4.69, 9.17) is 15.6 Å². The predicted octanol–water partition coefficient (Wildman–Crippen LogP) is 0.994. The number of morpholine rings is 1. The van der Waals surface area contributed by atoms with Gasteiger partial charge in [-0.15, -0.1) is 0 Å². The molecule has 1 aromatic carbocycles. The van der Waals surface area contributed by atoms with Gasteiger partial charge in [-0.1, -0.05) is 0 Å². The van der Waals surface area contributed by atoms with Crippen molar-refractivity contribution in [3.8, 4) is 0 Å². The van der Waals surface area contributed by atoms with Gasteiger partial charge < -0.3 is 20.5 Å². The van der Waals surface area contributed by atoms with Crippen molar-refractivity contribution in [3.63, 3.8) is 0 Å². The van der Waals surface area contributed by atoms with Crippen LogP contribution in [0.4, 0.5) is 15.8 Å². The first-order valence-electron chi connectivity index (χ1n) is 5.66. The lowest BCUT2D eigenvalue weighted by molar-refractivity contribution is -0.0102. The standard InChI is InChI=1S/C12H17FN2O2/c1-8-7-17-10(6-16)5-15(8)12-3-2-9(13)4-11(12)14/h2-4,8,10,16H,5-7,14H2,1H3. The Balaban J connectivity index is 2.24. The first kappa shape index (κ1) is 12.1. The van der Waals surface area contributed by atoms with Crippen LogP contribution in [0, 0.1) is 5.82 Å². The predicted molar refractivity (Wildman–Crippen MR) is 64.4 cm³/mol. The van der Waals surface area contributed by atoms with Crippen molar-refractivity contribution in [2.75, 3.05) is 30.4 Å². The molecule has 2 unspecified atom stereocenters. The van der Waals surface area contributed by atoms with Crippen molar-refractivity contribution >= 4 is 11.4 Å². The lowest BCUT2D eigenvalue weighted by Gasteiger charge is -2.39. The third kappa shape index (κ3) is 2.50. The summed E-state index contributed by atoms with van der Waals surface area (Å²) in [6.45, 7) is 3.08. The van der Waals surface area contributed by atoms with Crippen molar-refractivity contribution < 1.29 is 14.2 Å². The van der Waals surface area contributed by atoms with E-state index in [1.165, 1.54) is 12.1 Å². The van der Waals surface area contributed by atoms with Crippen molar-refractivity contribution in [2.45, 2.75) is 19.1 Å². The van der Waals surface area contributed by atoms with Crippen LogP contribution in [-0.4, -0.2) is 37.0 Å². The molecule has 0 bridgehead atoms. The Morgan fingerprint density at radius 1 is 1.59 bits per heavy atom. The number of rotatable bonds is 2. The van der Waals surface area contributed by atoms with Gasteiger partial charge in [-0.2, -0.15) is 0 Å². The number of ether oxygens (including phenoxy) is 1. The minimum atomic E-state index is -0.342. The molecule has 4 nitrogen and oxygen atoms in total. The van der Waals surface area contributed by atoms with Crippen molar-refractivity contribution in [1.29, 1.82) is 0 Å². The van der Waals surface area contributed by atoms with Gasteiger partial charge >= 0.3 is 0 Å². The Labute approximate surface area is 99.8 Å². The van der Waals surface area contributed by atoms with E-state index in [-0.39, 0.29) is 24.6 Å². The van der Waals surface area contributed by atoms with Crippen LogP contribution in [0.1, 0.15) is 6.92 Å². The molecule has 3 N–H and O–H groups in total. The zero-order valence-corrected chi connectivity index (χ0v) is 9.77. The Morgan fingerprint density at radius 3 is 3.00 bits per heavy atom. The van der Waals surface area contributed by atoms with Gasteiger partial charge in [0.15, 0.2) is 0 Å². The topological polar surface area (TPSA) is 58.7 Å². The van der Waals surface area contributed by atoms with Gasteiger partial charge in [0.05, 0.1) is 30.7 Å². The van der Waals surface area contributed by atoms with Gasteiger partial charge in [0.2, 0.25) is 0 Å². The summed E-state index contributed by atoms with van der Waals surface area (Å²) in [5.74, 6) is -0.342. The molecule has 5 heteroatoms. The summed E-state index contributed by atoms with van der Waals surface area (Å²) in [7, 11) is 0. The minimum Gasteiger partial charge on any atom is -0.397 e. The summed E-state index contributed by atoms with van der Waals surface area (Å²) in [5.41, 5.74) is 7.02. The Bertz CT molecular complexity index is 400. The number of aliphatic hydroxyl groups excluding tert-OH is 1. The third-order valence-corrected chi connectivity index (χ3v) is 3.01. The molecule has 1 aliphatic heterocycles. The van der Waals surface area contributed by atoms with Gasteiger partial charge in [-0.05, 0) is 25.1 Å². The second-order valence-electron chi connectivity index (χ2n) is 4.34. The molecule has 0 aromatic heterocycles. The fourth-order valence-corrected chi connectivity index (χ4v) is 2.05. The molecule has 0 aliphatic carbocycles. The highest BCUT2D eigenvalue weighted by Gasteiger charge is 2.26. The number of anilines is 2. The largest absolute Gasteiger partial charge is 0.397 e. The molecule has 94 valence electrons. The second-order valence-corrected chi connectivity index (χ2v) is 4.34. The van der Waals surface area contributed by atoms with E-state index in [0.717, 1.165) is 5.69 Å². The van der Waals surface area contributed by atoms with Crippen LogP contribution in [0.5, 0.6) is 0 Å². The maximum atomic E-state index is 13.0. The van der Waals surface area contributed by atoms with E-state index in [1.807, 2.05) is 11.8 Å². The van der Waals surface area contributed by atoms with E-state index >= 15 is 0 Å². The zero-order chi connectivity index (χ0) is 12.4. The molecule has 0 amide bonds. The minimum absolute atomic E-state index is 0.0235. The molecule has 1 aromatic rings. The summed E-state index contributed by atoms with van der Waals surface area (Å²) in [4.78, 5) is 2.04.